The second-order valence-electron chi connectivity index (χ2n) is 5.83. The highest BCUT2D eigenvalue weighted by atomic mass is 16.1. The van der Waals surface area contributed by atoms with E-state index >= 15 is 0 Å². The molecular formula is C19H17N5O. The van der Waals surface area contributed by atoms with Crippen LogP contribution in [-0.4, -0.2) is 26.1 Å². The molecule has 6 heteroatoms. The van der Waals surface area contributed by atoms with E-state index in [4.69, 9.17) is 0 Å². The molecule has 0 aliphatic carbocycles. The van der Waals surface area contributed by atoms with Gasteiger partial charge in [-0.1, -0.05) is 30.3 Å². The Morgan fingerprint density at radius 2 is 1.92 bits per heavy atom. The van der Waals surface area contributed by atoms with Crippen LogP contribution in [-0.2, 0) is 12.8 Å². The number of carbonyl (C=O) groups excluding carboxylic acids is 1. The third-order valence-corrected chi connectivity index (χ3v) is 4.07. The Morgan fingerprint density at radius 1 is 1.04 bits per heavy atom. The average molecular weight is 331 g/mol. The molecule has 0 fully saturated rings. The fourth-order valence-electron chi connectivity index (χ4n) is 2.74. The van der Waals surface area contributed by atoms with Crippen LogP contribution >= 0.6 is 0 Å². The lowest BCUT2D eigenvalue weighted by atomic mass is 10.1. The van der Waals surface area contributed by atoms with E-state index in [9.17, 15) is 4.79 Å². The molecule has 1 amide bonds. The van der Waals surface area contributed by atoms with Gasteiger partial charge in [0.05, 0.1) is 0 Å². The summed E-state index contributed by atoms with van der Waals surface area (Å²) in [6.07, 6.45) is 3.45. The number of hydrogen-bond donors (Lipinski definition) is 3. The number of amides is 1. The van der Waals surface area contributed by atoms with Gasteiger partial charge in [0.15, 0.2) is 0 Å². The molecule has 0 saturated heterocycles. The number of carbonyl (C=O) groups is 1. The van der Waals surface area contributed by atoms with Gasteiger partial charge in [-0.15, -0.1) is 5.10 Å². The number of H-pyrrole nitrogens is 2. The molecule has 124 valence electrons. The number of hydrogen-bond acceptors (Lipinski definition) is 3. The molecule has 4 aromatic rings. The van der Waals surface area contributed by atoms with Crippen LogP contribution in [0.4, 0.5) is 5.95 Å². The molecule has 3 N–H and O–H groups in total. The molecule has 0 spiro atoms. The monoisotopic (exact) mass is 331 g/mol. The Morgan fingerprint density at radius 3 is 2.80 bits per heavy atom. The first kappa shape index (κ1) is 15.1. The highest BCUT2D eigenvalue weighted by Gasteiger charge is 2.11. The zero-order valence-electron chi connectivity index (χ0n) is 13.5. The minimum atomic E-state index is -0.225. The summed E-state index contributed by atoms with van der Waals surface area (Å²) < 4.78 is 0. The first-order chi connectivity index (χ1) is 12.3. The second kappa shape index (κ2) is 6.60. The topological polar surface area (TPSA) is 86.5 Å². The highest BCUT2D eigenvalue weighted by Crippen LogP contribution is 2.15. The minimum Gasteiger partial charge on any atom is -0.361 e. The van der Waals surface area contributed by atoms with Gasteiger partial charge in [0.25, 0.3) is 5.91 Å². The summed E-state index contributed by atoms with van der Waals surface area (Å²) in [6, 6.07) is 17.6. The Hall–Kier alpha value is -3.41. The van der Waals surface area contributed by atoms with Crippen molar-refractivity contribution < 1.29 is 4.79 Å². The zero-order chi connectivity index (χ0) is 17.1. The fraction of sp³-hybridized carbons (Fsp3) is 0.105. The first-order valence-corrected chi connectivity index (χ1v) is 8.12. The van der Waals surface area contributed by atoms with Crippen molar-refractivity contribution in [3.05, 3.63) is 77.7 Å². The van der Waals surface area contributed by atoms with Crippen molar-refractivity contribution in [2.24, 2.45) is 0 Å². The maximum Gasteiger partial charge on any atom is 0.258 e. The number of aromatic nitrogens is 4. The zero-order valence-corrected chi connectivity index (χ0v) is 13.5. The molecule has 0 saturated carbocycles. The molecule has 4 rings (SSSR count). The third-order valence-electron chi connectivity index (χ3n) is 4.07. The van der Waals surface area contributed by atoms with Crippen LogP contribution in [0.5, 0.6) is 0 Å². The summed E-state index contributed by atoms with van der Waals surface area (Å²) in [4.78, 5) is 19.8. The molecule has 2 heterocycles. The highest BCUT2D eigenvalue weighted by molar-refractivity contribution is 6.05. The molecule has 0 aliphatic heterocycles. The van der Waals surface area contributed by atoms with Crippen molar-refractivity contribution in [2.75, 3.05) is 5.32 Å². The Labute approximate surface area is 144 Å². The van der Waals surface area contributed by atoms with Gasteiger partial charge in [0.1, 0.15) is 5.82 Å². The van der Waals surface area contributed by atoms with Gasteiger partial charge in [-0.25, -0.2) is 0 Å². The van der Waals surface area contributed by atoms with Gasteiger partial charge in [0.2, 0.25) is 5.95 Å². The van der Waals surface area contributed by atoms with Crippen molar-refractivity contribution in [1.29, 1.82) is 0 Å². The lowest BCUT2D eigenvalue weighted by Crippen LogP contribution is -2.12. The van der Waals surface area contributed by atoms with Crippen LogP contribution < -0.4 is 5.32 Å². The number of fused-ring (bicyclic) bond motifs is 1. The Bertz CT molecular complexity index is 1000. The van der Waals surface area contributed by atoms with E-state index in [1.165, 1.54) is 5.56 Å². The number of rotatable bonds is 5. The van der Waals surface area contributed by atoms with Gasteiger partial charge >= 0.3 is 0 Å². The molecule has 2 aromatic heterocycles. The van der Waals surface area contributed by atoms with Crippen LogP contribution in [0.15, 0.2) is 60.8 Å². The second-order valence-corrected chi connectivity index (χ2v) is 5.83. The van der Waals surface area contributed by atoms with Gasteiger partial charge in [0, 0.05) is 29.1 Å². The maximum atomic E-state index is 12.4. The van der Waals surface area contributed by atoms with Gasteiger partial charge in [-0.05, 0) is 36.2 Å². The van der Waals surface area contributed by atoms with Gasteiger partial charge < -0.3 is 4.98 Å². The molecule has 0 unspecified atom stereocenters. The van der Waals surface area contributed by atoms with E-state index in [0.717, 1.165) is 29.6 Å². The van der Waals surface area contributed by atoms with Gasteiger partial charge in [-0.3, -0.25) is 15.2 Å². The lowest BCUT2D eigenvalue weighted by molar-refractivity contribution is 0.102. The van der Waals surface area contributed by atoms with Crippen LogP contribution in [0.3, 0.4) is 0 Å². The number of benzene rings is 2. The van der Waals surface area contributed by atoms with Crippen LogP contribution in [0.2, 0.25) is 0 Å². The molecule has 0 aliphatic rings. The molecule has 25 heavy (non-hydrogen) atoms. The quantitative estimate of drug-likeness (QED) is 0.524. The molecule has 0 atom stereocenters. The number of aryl methyl sites for hydroxylation is 2. The Kier molecular flexibility index (Phi) is 4.00. The van der Waals surface area contributed by atoms with Crippen molar-refractivity contribution >= 4 is 22.8 Å². The molecule has 0 radical (unpaired) electrons. The summed E-state index contributed by atoms with van der Waals surface area (Å²) in [5.74, 6) is 0.819. The standard InChI is InChI=1S/C19H17N5O/c25-18(15-7-8-16-14(12-15)10-11-20-16)22-19-21-17(23-24-19)9-6-13-4-2-1-3-5-13/h1-5,7-8,10-12,20H,6,9H2,(H2,21,22,23,24,25). The summed E-state index contributed by atoms with van der Waals surface area (Å²) in [5.41, 5.74) is 2.81. The maximum absolute atomic E-state index is 12.4. The number of nitrogens with one attached hydrogen (secondary N) is 3. The minimum absolute atomic E-state index is 0.225. The van der Waals surface area contributed by atoms with Gasteiger partial charge in [-0.2, -0.15) is 4.98 Å². The predicted octanol–water partition coefficient (Wildman–Crippen LogP) is 3.32. The van der Waals surface area contributed by atoms with E-state index in [1.54, 1.807) is 6.07 Å². The van der Waals surface area contributed by atoms with E-state index in [2.05, 4.69) is 37.6 Å². The smallest absolute Gasteiger partial charge is 0.258 e. The summed E-state index contributed by atoms with van der Waals surface area (Å²) in [5, 5.41) is 10.7. The largest absolute Gasteiger partial charge is 0.361 e. The van der Waals surface area contributed by atoms with E-state index < -0.39 is 0 Å². The molecule has 2 aromatic carbocycles. The van der Waals surface area contributed by atoms with Crippen molar-refractivity contribution in [2.45, 2.75) is 12.8 Å². The summed E-state index contributed by atoms with van der Waals surface area (Å²) in [7, 11) is 0. The first-order valence-electron chi connectivity index (χ1n) is 8.12. The predicted molar refractivity (Wildman–Crippen MR) is 96.5 cm³/mol. The average Bonchev–Trinajstić information content (AvgIpc) is 3.29. The van der Waals surface area contributed by atoms with Crippen molar-refractivity contribution in [3.63, 3.8) is 0 Å². The fourth-order valence-corrected chi connectivity index (χ4v) is 2.74. The van der Waals surface area contributed by atoms with E-state index in [-0.39, 0.29) is 5.91 Å². The Balaban J connectivity index is 1.40. The van der Waals surface area contributed by atoms with E-state index in [0.29, 0.717) is 11.5 Å². The van der Waals surface area contributed by atoms with Crippen molar-refractivity contribution in [1.82, 2.24) is 20.2 Å². The molecular weight excluding hydrogens is 314 g/mol. The van der Waals surface area contributed by atoms with Crippen LogP contribution in [0, 0.1) is 0 Å². The summed E-state index contributed by atoms with van der Waals surface area (Å²) >= 11 is 0. The van der Waals surface area contributed by atoms with E-state index in [1.807, 2.05) is 42.6 Å². The number of aromatic amines is 2. The normalized spacial score (nSPS) is 10.9. The SMILES string of the molecule is O=C(Nc1n[nH]c(CCc2ccccc2)n1)c1ccc2[nH]ccc2c1. The third kappa shape index (κ3) is 3.42. The lowest BCUT2D eigenvalue weighted by Gasteiger charge is -2.01. The number of nitrogens with zero attached hydrogens (tertiary/aromatic N) is 2. The van der Waals surface area contributed by atoms with Crippen LogP contribution in [0.25, 0.3) is 10.9 Å². The molecule has 6 nitrogen and oxygen atoms in total. The van der Waals surface area contributed by atoms with Crippen LogP contribution in [0.1, 0.15) is 21.7 Å². The molecule has 0 bridgehead atoms. The number of anilines is 1. The van der Waals surface area contributed by atoms with Crippen molar-refractivity contribution in [3.8, 4) is 0 Å². The summed E-state index contributed by atoms with van der Waals surface area (Å²) in [6.45, 7) is 0.